The summed E-state index contributed by atoms with van der Waals surface area (Å²) < 4.78 is 22.6. The molecule has 10 heteroatoms. The maximum atomic E-state index is 13.5. The second-order valence-electron chi connectivity index (χ2n) is 16.7. The number of nitrogen functional groups attached to an aromatic ring is 2. The molecule has 0 spiro atoms. The fourth-order valence-corrected chi connectivity index (χ4v) is 8.49. The van der Waals surface area contributed by atoms with E-state index in [0.29, 0.717) is 36.3 Å². The number of aliphatic hydroxyl groups is 2. The SMILES string of the molecule is COCCCC1CCC(COc2ccc(/C=C/C(=O)CC(c3ccc(N)cc3N)C(O)(O)C(=O)/C=C/c3ccc(OCC4CCC(CCCOC)CC4)cc3)cc2)CC1. The van der Waals surface area contributed by atoms with Crippen LogP contribution in [0.5, 0.6) is 11.5 Å². The molecule has 2 aliphatic rings. The number of hydrogen-bond donors (Lipinski definition) is 4. The van der Waals surface area contributed by atoms with Crippen LogP contribution < -0.4 is 20.9 Å². The molecule has 2 fully saturated rings. The first-order valence-electron chi connectivity index (χ1n) is 21.5. The topological polar surface area (TPSA) is 164 Å². The summed E-state index contributed by atoms with van der Waals surface area (Å²) in [5.74, 6) is -1.56. The van der Waals surface area contributed by atoms with Gasteiger partial charge in [-0.3, -0.25) is 9.59 Å². The van der Waals surface area contributed by atoms with Gasteiger partial charge in [0.25, 0.3) is 0 Å². The van der Waals surface area contributed by atoms with Crippen molar-refractivity contribution < 1.29 is 38.7 Å². The molecule has 59 heavy (non-hydrogen) atoms. The molecule has 0 saturated heterocycles. The molecule has 0 heterocycles. The molecule has 2 saturated carbocycles. The van der Waals surface area contributed by atoms with Crippen molar-refractivity contribution in [3.05, 3.63) is 95.6 Å². The predicted octanol–water partition coefficient (Wildman–Crippen LogP) is 8.79. The highest BCUT2D eigenvalue weighted by Crippen LogP contribution is 2.37. The molecule has 3 aromatic rings. The van der Waals surface area contributed by atoms with Crippen LogP contribution in [0.2, 0.25) is 0 Å². The van der Waals surface area contributed by atoms with Gasteiger partial charge < -0.3 is 40.6 Å². The molecular weight excluding hydrogens is 745 g/mol. The summed E-state index contributed by atoms with van der Waals surface area (Å²) in [6.45, 7) is 3.01. The summed E-state index contributed by atoms with van der Waals surface area (Å²) in [5, 5.41) is 22.8. The molecule has 10 nitrogen and oxygen atoms in total. The first kappa shape index (κ1) is 45.6. The lowest BCUT2D eigenvalue weighted by Gasteiger charge is -2.30. The zero-order chi connectivity index (χ0) is 42.0. The third-order valence-electron chi connectivity index (χ3n) is 12.2. The number of rotatable bonds is 23. The van der Waals surface area contributed by atoms with Gasteiger partial charge in [0.2, 0.25) is 11.6 Å². The van der Waals surface area contributed by atoms with Crippen LogP contribution >= 0.6 is 0 Å². The van der Waals surface area contributed by atoms with Crippen molar-refractivity contribution in [3.63, 3.8) is 0 Å². The molecule has 0 amide bonds. The summed E-state index contributed by atoms with van der Waals surface area (Å²) in [6, 6.07) is 19.3. The van der Waals surface area contributed by atoms with Gasteiger partial charge >= 0.3 is 0 Å². The average molecular weight is 811 g/mol. The fraction of sp³-hybridized carbons (Fsp3) is 0.510. The number of ether oxygens (including phenoxy) is 4. The van der Waals surface area contributed by atoms with Crippen LogP contribution in [0.4, 0.5) is 11.4 Å². The van der Waals surface area contributed by atoms with Gasteiger partial charge in [0.05, 0.1) is 19.1 Å². The number of ketones is 2. The number of benzene rings is 3. The third kappa shape index (κ3) is 14.6. The van der Waals surface area contributed by atoms with Crippen LogP contribution in [0.1, 0.15) is 106 Å². The molecular formula is C49H66N2O8. The van der Waals surface area contributed by atoms with Gasteiger partial charge in [-0.2, -0.15) is 0 Å². The fourth-order valence-electron chi connectivity index (χ4n) is 8.49. The summed E-state index contributed by atoms with van der Waals surface area (Å²) in [4.78, 5) is 26.8. The van der Waals surface area contributed by atoms with E-state index in [1.807, 2.05) is 48.5 Å². The zero-order valence-electron chi connectivity index (χ0n) is 35.1. The lowest BCUT2D eigenvalue weighted by Crippen LogP contribution is -2.44. The number of hydrogen-bond acceptors (Lipinski definition) is 10. The quantitative estimate of drug-likeness (QED) is 0.0315. The van der Waals surface area contributed by atoms with E-state index in [-0.39, 0.29) is 11.3 Å². The number of carbonyl (C=O) groups excluding carboxylic acids is 2. The Balaban J connectivity index is 1.13. The van der Waals surface area contributed by atoms with Gasteiger partial charge in [-0.15, -0.1) is 0 Å². The van der Waals surface area contributed by atoms with E-state index in [2.05, 4.69) is 0 Å². The van der Waals surface area contributed by atoms with Crippen molar-refractivity contribution in [1.29, 1.82) is 0 Å². The van der Waals surface area contributed by atoms with E-state index in [0.717, 1.165) is 73.9 Å². The largest absolute Gasteiger partial charge is 0.493 e. The van der Waals surface area contributed by atoms with Crippen LogP contribution in [0.25, 0.3) is 12.2 Å². The molecule has 0 aromatic heterocycles. The standard InChI is InChI=1S/C49H66N2O8/c1-56-29-3-5-35-7-11-39(12-8-35)33-58-43-23-16-37(17-24-43)15-22-42(52)32-46(45-27-21-41(50)31-47(45)51)49(54,55)48(53)28-20-38-18-25-44(26-19-38)59-34-40-13-9-36(10-14-40)6-4-30-57-2/h15-28,31,35-36,39-40,46,54-55H,3-14,29-30,32-34,50-51H2,1-2H3/b22-15+,28-20+. The van der Waals surface area contributed by atoms with Crippen molar-refractivity contribution in [2.45, 2.75) is 95.2 Å². The first-order valence-corrected chi connectivity index (χ1v) is 21.5. The average Bonchev–Trinajstić information content (AvgIpc) is 3.24. The molecule has 5 rings (SSSR count). The second kappa shape index (κ2) is 23.3. The highest BCUT2D eigenvalue weighted by molar-refractivity contribution is 6.01. The van der Waals surface area contributed by atoms with Gasteiger partial charge in [-0.05, 0) is 140 Å². The van der Waals surface area contributed by atoms with Crippen LogP contribution in [0.15, 0.2) is 78.9 Å². The molecule has 3 aromatic carbocycles. The van der Waals surface area contributed by atoms with E-state index in [9.17, 15) is 19.8 Å². The molecule has 0 aliphatic heterocycles. The highest BCUT2D eigenvalue weighted by atomic mass is 16.5. The molecule has 2 aliphatic carbocycles. The van der Waals surface area contributed by atoms with Crippen LogP contribution in [0, 0.1) is 23.7 Å². The van der Waals surface area contributed by atoms with E-state index in [1.165, 1.54) is 75.7 Å². The summed E-state index contributed by atoms with van der Waals surface area (Å²) in [5.41, 5.74) is 14.4. The summed E-state index contributed by atoms with van der Waals surface area (Å²) in [7, 11) is 3.51. The van der Waals surface area contributed by atoms with Gasteiger partial charge in [0.1, 0.15) is 11.5 Å². The minimum Gasteiger partial charge on any atom is -0.493 e. The van der Waals surface area contributed by atoms with Crippen LogP contribution in [-0.4, -0.2) is 68.2 Å². The Bertz CT molecular complexity index is 1790. The number of methoxy groups -OCH3 is 2. The molecule has 320 valence electrons. The molecule has 1 unspecified atom stereocenters. The normalized spacial score (nSPS) is 20.5. The maximum absolute atomic E-state index is 13.5. The third-order valence-corrected chi connectivity index (χ3v) is 12.2. The van der Waals surface area contributed by atoms with Gasteiger partial charge in [-0.25, -0.2) is 0 Å². The Morgan fingerprint density at radius 3 is 1.59 bits per heavy atom. The predicted molar refractivity (Wildman–Crippen MR) is 235 cm³/mol. The zero-order valence-corrected chi connectivity index (χ0v) is 35.1. The molecule has 1 atom stereocenters. The lowest BCUT2D eigenvalue weighted by atomic mass is 9.80. The van der Waals surface area contributed by atoms with E-state index < -0.39 is 29.7 Å². The summed E-state index contributed by atoms with van der Waals surface area (Å²) >= 11 is 0. The van der Waals surface area contributed by atoms with Crippen molar-refractivity contribution in [3.8, 4) is 11.5 Å². The Hall–Kier alpha value is -4.48. The van der Waals surface area contributed by atoms with Gasteiger partial charge in [0, 0.05) is 45.2 Å². The monoisotopic (exact) mass is 810 g/mol. The highest BCUT2D eigenvalue weighted by Gasteiger charge is 2.43. The minimum absolute atomic E-state index is 0.146. The Morgan fingerprint density at radius 1 is 0.678 bits per heavy atom. The Kier molecular flexibility index (Phi) is 18.0. The Labute approximate surface area is 351 Å². The van der Waals surface area contributed by atoms with Gasteiger partial charge in [0.15, 0.2) is 5.78 Å². The smallest absolute Gasteiger partial charge is 0.235 e. The van der Waals surface area contributed by atoms with Crippen molar-refractivity contribution >= 4 is 35.1 Å². The Morgan fingerprint density at radius 2 is 1.14 bits per heavy atom. The summed E-state index contributed by atoms with van der Waals surface area (Å²) in [6.07, 6.45) is 19.6. The minimum atomic E-state index is -2.95. The van der Waals surface area contributed by atoms with Crippen molar-refractivity contribution in [1.82, 2.24) is 0 Å². The number of carbonyl (C=O) groups is 2. The molecule has 0 radical (unpaired) electrons. The molecule has 0 bridgehead atoms. The van der Waals surface area contributed by atoms with Crippen LogP contribution in [0.3, 0.4) is 0 Å². The number of anilines is 2. The van der Waals surface area contributed by atoms with Crippen molar-refractivity contribution in [2.75, 3.05) is 52.1 Å². The van der Waals surface area contributed by atoms with Crippen molar-refractivity contribution in [2.24, 2.45) is 23.7 Å². The maximum Gasteiger partial charge on any atom is 0.235 e. The number of nitrogens with two attached hydrogens (primary N) is 2. The van der Waals surface area contributed by atoms with Crippen LogP contribution in [-0.2, 0) is 19.1 Å². The van der Waals surface area contributed by atoms with Gasteiger partial charge in [-0.1, -0.05) is 68.2 Å². The van der Waals surface area contributed by atoms with E-state index >= 15 is 0 Å². The second-order valence-corrected chi connectivity index (χ2v) is 16.7. The molecule has 6 N–H and O–H groups in total. The number of allylic oxidation sites excluding steroid dienone is 1. The van der Waals surface area contributed by atoms with E-state index in [4.69, 9.17) is 30.4 Å². The lowest BCUT2D eigenvalue weighted by molar-refractivity contribution is -0.187. The van der Waals surface area contributed by atoms with E-state index in [1.54, 1.807) is 26.4 Å². The first-order chi connectivity index (χ1) is 28.5.